The standard InChI is InChI=1S/C26H21NP2Se/c27-21-30-26(28(22-13-5-1-6-14-22)23-15-7-2-8-16-23)29(24-17-9-3-10-18-24)25-19-11-4-12-20-25/h1-20,27H. The van der Waals surface area contributed by atoms with Crippen LogP contribution in [0.2, 0.25) is 0 Å². The first-order chi connectivity index (χ1) is 14.9. The molecule has 0 unspecified atom stereocenters. The van der Waals surface area contributed by atoms with E-state index in [4.69, 9.17) is 5.41 Å². The normalized spacial score (nSPS) is 10.6. The summed E-state index contributed by atoms with van der Waals surface area (Å²) in [6, 6.07) is 43.2. The summed E-state index contributed by atoms with van der Waals surface area (Å²) < 4.78 is 4.27. The van der Waals surface area contributed by atoms with E-state index in [0.717, 1.165) is 0 Å². The van der Waals surface area contributed by atoms with Gasteiger partial charge in [0.15, 0.2) is 0 Å². The zero-order valence-electron chi connectivity index (χ0n) is 16.3. The predicted molar refractivity (Wildman–Crippen MR) is 137 cm³/mol. The Hall–Kier alpha value is -2.29. The van der Waals surface area contributed by atoms with E-state index in [1.165, 1.54) is 25.1 Å². The average Bonchev–Trinajstić information content (AvgIpc) is 2.82. The second-order valence-electron chi connectivity index (χ2n) is 6.50. The van der Waals surface area contributed by atoms with Crippen LogP contribution in [0, 0.1) is 5.41 Å². The van der Waals surface area contributed by atoms with Gasteiger partial charge < -0.3 is 0 Å². The first-order valence-corrected chi connectivity index (χ1v) is 14.0. The zero-order chi connectivity index (χ0) is 20.6. The Morgan fingerprint density at radius 2 is 0.767 bits per heavy atom. The third-order valence-corrected chi connectivity index (χ3v) is 13.6. The van der Waals surface area contributed by atoms with Crippen LogP contribution in [-0.2, 0) is 0 Å². The maximum atomic E-state index is 7.95. The predicted octanol–water partition coefficient (Wildman–Crippen LogP) is 4.53. The van der Waals surface area contributed by atoms with Gasteiger partial charge in [0.05, 0.1) is 0 Å². The molecule has 0 fully saturated rings. The van der Waals surface area contributed by atoms with Gasteiger partial charge in [-0.3, -0.25) is 0 Å². The SMILES string of the molecule is N=C=[Se]=C(P(c1ccccc1)c1ccccc1)P(c1ccccc1)c1ccccc1. The van der Waals surface area contributed by atoms with Crippen molar-refractivity contribution in [3.8, 4) is 0 Å². The fourth-order valence-electron chi connectivity index (χ4n) is 3.29. The van der Waals surface area contributed by atoms with Crippen molar-refractivity contribution in [2.45, 2.75) is 0 Å². The van der Waals surface area contributed by atoms with Crippen molar-refractivity contribution in [3.63, 3.8) is 0 Å². The third-order valence-electron chi connectivity index (χ3n) is 4.58. The fraction of sp³-hybridized carbons (Fsp3) is 0. The molecule has 0 bridgehead atoms. The topological polar surface area (TPSA) is 23.9 Å². The Bertz CT molecular complexity index is 1000. The van der Waals surface area contributed by atoms with E-state index in [1.807, 2.05) is 0 Å². The number of hydrogen-bond donors (Lipinski definition) is 1. The van der Waals surface area contributed by atoms with E-state index in [1.54, 1.807) is 0 Å². The molecule has 0 saturated carbocycles. The molecule has 0 aliphatic carbocycles. The molecule has 0 radical (unpaired) electrons. The summed E-state index contributed by atoms with van der Waals surface area (Å²) in [5, 5.41) is 13.3. The molecule has 0 aliphatic rings. The van der Waals surface area contributed by atoms with Gasteiger partial charge in [0.25, 0.3) is 0 Å². The number of benzene rings is 4. The fourth-order valence-corrected chi connectivity index (χ4v) is 13.5. The van der Waals surface area contributed by atoms with Gasteiger partial charge in [-0.25, -0.2) is 0 Å². The molecule has 1 nitrogen and oxygen atoms in total. The second-order valence-corrected chi connectivity index (χ2v) is 14.2. The molecule has 30 heavy (non-hydrogen) atoms. The van der Waals surface area contributed by atoms with Gasteiger partial charge in [-0.1, -0.05) is 0 Å². The molecule has 0 heterocycles. The molecule has 4 heteroatoms. The van der Waals surface area contributed by atoms with Gasteiger partial charge in [-0.05, 0) is 0 Å². The van der Waals surface area contributed by atoms with E-state index in [2.05, 4.69) is 126 Å². The molecule has 0 spiro atoms. The van der Waals surface area contributed by atoms with Crippen LogP contribution in [0.5, 0.6) is 0 Å². The van der Waals surface area contributed by atoms with Crippen molar-refractivity contribution >= 4 is 59.8 Å². The summed E-state index contributed by atoms with van der Waals surface area (Å²) in [6.07, 6.45) is 0. The first-order valence-electron chi connectivity index (χ1n) is 9.64. The summed E-state index contributed by atoms with van der Waals surface area (Å²) in [5.41, 5.74) is 0. The van der Waals surface area contributed by atoms with Crippen molar-refractivity contribution in [1.82, 2.24) is 0 Å². The maximum absolute atomic E-state index is 7.95. The number of rotatable bonds is 6. The van der Waals surface area contributed by atoms with Crippen molar-refractivity contribution in [3.05, 3.63) is 121 Å². The van der Waals surface area contributed by atoms with E-state index < -0.39 is 15.8 Å². The van der Waals surface area contributed by atoms with Gasteiger partial charge in [0, 0.05) is 0 Å². The number of hydrogen-bond acceptors (Lipinski definition) is 1. The van der Waals surface area contributed by atoms with E-state index in [-0.39, 0.29) is 14.1 Å². The molecule has 0 atom stereocenters. The Morgan fingerprint density at radius 1 is 0.500 bits per heavy atom. The molecule has 0 aromatic heterocycles. The van der Waals surface area contributed by atoms with Crippen LogP contribution in [-0.4, -0.2) is 22.7 Å². The van der Waals surface area contributed by atoms with E-state index in [9.17, 15) is 0 Å². The van der Waals surface area contributed by atoms with Crippen molar-refractivity contribution in [1.29, 1.82) is 5.41 Å². The Balaban J connectivity index is 1.98. The van der Waals surface area contributed by atoms with Crippen LogP contribution < -0.4 is 21.2 Å². The Kier molecular flexibility index (Phi) is 7.44. The Labute approximate surface area is 186 Å². The van der Waals surface area contributed by atoms with Crippen molar-refractivity contribution in [2.24, 2.45) is 0 Å². The van der Waals surface area contributed by atoms with Crippen LogP contribution >= 0.6 is 15.8 Å². The molecule has 0 amide bonds. The molecule has 4 aromatic rings. The first kappa shape index (κ1) is 21.0. The van der Waals surface area contributed by atoms with E-state index in [0.29, 0.717) is 0 Å². The summed E-state index contributed by atoms with van der Waals surface area (Å²) in [5.74, 6) is 0. The minimum absolute atomic E-state index is 0.116. The summed E-state index contributed by atoms with van der Waals surface area (Å²) in [4.78, 5) is 0. The van der Waals surface area contributed by atoms with Crippen LogP contribution in [0.1, 0.15) is 0 Å². The zero-order valence-corrected chi connectivity index (χ0v) is 19.9. The van der Waals surface area contributed by atoms with Crippen molar-refractivity contribution < 1.29 is 0 Å². The molecular formula is C26H21NP2Se. The Morgan fingerprint density at radius 3 is 1.00 bits per heavy atom. The molecule has 4 aromatic carbocycles. The molecule has 1 N–H and O–H groups in total. The quantitative estimate of drug-likeness (QED) is 0.234. The van der Waals surface area contributed by atoms with Crippen LogP contribution in [0.25, 0.3) is 0 Å². The molecule has 0 aliphatic heterocycles. The average molecular weight is 488 g/mol. The molecule has 0 saturated heterocycles. The van der Waals surface area contributed by atoms with Crippen molar-refractivity contribution in [2.75, 3.05) is 0 Å². The molecule has 4 rings (SSSR count). The van der Waals surface area contributed by atoms with Gasteiger partial charge in [-0.15, -0.1) is 0 Å². The van der Waals surface area contributed by atoms with Gasteiger partial charge >= 0.3 is 186 Å². The molecule has 146 valence electrons. The van der Waals surface area contributed by atoms with Gasteiger partial charge in [-0.2, -0.15) is 0 Å². The van der Waals surface area contributed by atoms with Crippen LogP contribution in [0.4, 0.5) is 0 Å². The third kappa shape index (κ3) is 4.88. The number of nitrogens with one attached hydrogen (secondary N) is 1. The summed E-state index contributed by atoms with van der Waals surface area (Å²) in [6.45, 7) is 0. The molecular weight excluding hydrogens is 467 g/mol. The second kappa shape index (κ2) is 10.7. The van der Waals surface area contributed by atoms with Gasteiger partial charge in [0.2, 0.25) is 0 Å². The van der Waals surface area contributed by atoms with E-state index >= 15 is 0 Å². The minimum atomic E-state index is -0.716. The van der Waals surface area contributed by atoms with Crippen LogP contribution in [0.15, 0.2) is 121 Å². The summed E-state index contributed by atoms with van der Waals surface area (Å²) in [7, 11) is -1.43. The van der Waals surface area contributed by atoms with Crippen LogP contribution in [0.3, 0.4) is 0 Å². The van der Waals surface area contributed by atoms with Gasteiger partial charge in [0.1, 0.15) is 0 Å². The summed E-state index contributed by atoms with van der Waals surface area (Å²) >= 11 is -0.116. The monoisotopic (exact) mass is 489 g/mol.